The highest BCUT2D eigenvalue weighted by Gasteiger charge is 2.38. The van der Waals surface area contributed by atoms with Gasteiger partial charge in [0, 0.05) is 31.3 Å². The smallest absolute Gasteiger partial charge is 0.378 e. The molecule has 2 aliphatic heterocycles. The van der Waals surface area contributed by atoms with E-state index < -0.39 is 23.6 Å². The summed E-state index contributed by atoms with van der Waals surface area (Å²) in [4.78, 5) is 24.4. The van der Waals surface area contributed by atoms with Crippen LogP contribution in [-0.4, -0.2) is 58.5 Å². The molecule has 0 aromatic carbocycles. The molecule has 13 heteroatoms. The number of halogens is 4. The van der Waals surface area contributed by atoms with Crippen LogP contribution in [0.1, 0.15) is 11.3 Å². The highest BCUT2D eigenvalue weighted by Crippen LogP contribution is 2.36. The largest absolute Gasteiger partial charge is 0.435 e. The van der Waals surface area contributed by atoms with Crippen molar-refractivity contribution in [1.29, 1.82) is 0 Å². The van der Waals surface area contributed by atoms with Crippen LogP contribution < -0.4 is 15.1 Å². The summed E-state index contributed by atoms with van der Waals surface area (Å²) < 4.78 is 59.8. The zero-order valence-corrected chi connectivity index (χ0v) is 17.7. The predicted octanol–water partition coefficient (Wildman–Crippen LogP) is 2.62. The number of carbonyl (C=O) groups excluding carboxylic acids is 1. The molecule has 1 saturated heterocycles. The van der Waals surface area contributed by atoms with E-state index in [1.807, 2.05) is 6.07 Å². The second kappa shape index (κ2) is 8.56. The Morgan fingerprint density at radius 1 is 1.12 bits per heavy atom. The van der Waals surface area contributed by atoms with E-state index in [1.165, 1.54) is 11.0 Å². The van der Waals surface area contributed by atoms with Crippen LogP contribution in [0.2, 0.25) is 0 Å². The Morgan fingerprint density at radius 3 is 2.62 bits per heavy atom. The Bertz CT molecular complexity index is 1210. The van der Waals surface area contributed by atoms with Crippen LogP contribution in [0.5, 0.6) is 0 Å². The van der Waals surface area contributed by atoms with Crippen LogP contribution in [0.15, 0.2) is 36.7 Å². The molecule has 1 fully saturated rings. The third-order valence-electron chi connectivity index (χ3n) is 5.50. The quantitative estimate of drug-likeness (QED) is 0.578. The van der Waals surface area contributed by atoms with Gasteiger partial charge in [0.1, 0.15) is 17.5 Å². The van der Waals surface area contributed by atoms with Crippen molar-refractivity contribution in [3.8, 4) is 5.82 Å². The lowest BCUT2D eigenvalue weighted by Crippen LogP contribution is -2.38. The Hall–Kier alpha value is -3.74. The molecule has 1 N–H and O–H groups in total. The first kappa shape index (κ1) is 22.1. The van der Waals surface area contributed by atoms with Crippen LogP contribution in [0, 0.1) is 5.82 Å². The van der Waals surface area contributed by atoms with Gasteiger partial charge in [0.25, 0.3) is 0 Å². The van der Waals surface area contributed by atoms with Crippen LogP contribution >= 0.6 is 0 Å². The molecule has 2 aliphatic rings. The van der Waals surface area contributed by atoms with Crippen molar-refractivity contribution in [2.75, 3.05) is 48.0 Å². The third kappa shape index (κ3) is 4.38. The number of ether oxygens (including phenoxy) is 1. The molecule has 0 saturated carbocycles. The van der Waals surface area contributed by atoms with E-state index in [9.17, 15) is 22.4 Å². The standard InChI is InChI=1S/C21H19F4N7O2/c22-14-1-2-17(26-9-14)28-18(33)12-31-11-13-7-15(30-3-5-34-6-4-30)10-27-20(13)32-19(31)8-16(29-32)21(23,24)25/h1-2,7-10H,3-6,11-12H2,(H,26,28,33). The Balaban J connectivity index is 1.45. The predicted molar refractivity (Wildman–Crippen MR) is 113 cm³/mol. The molecular weight excluding hydrogens is 458 g/mol. The van der Waals surface area contributed by atoms with E-state index in [4.69, 9.17) is 4.74 Å². The molecule has 0 radical (unpaired) electrons. The van der Waals surface area contributed by atoms with Gasteiger partial charge in [-0.2, -0.15) is 23.0 Å². The molecule has 0 spiro atoms. The lowest BCUT2D eigenvalue weighted by molar-refractivity contribution is -0.141. The fourth-order valence-corrected chi connectivity index (χ4v) is 3.91. The van der Waals surface area contributed by atoms with Crippen molar-refractivity contribution in [2.45, 2.75) is 12.7 Å². The van der Waals surface area contributed by atoms with E-state index in [-0.39, 0.29) is 30.5 Å². The number of hydrogen-bond donors (Lipinski definition) is 1. The zero-order chi connectivity index (χ0) is 23.9. The minimum absolute atomic E-state index is 0.0914. The van der Waals surface area contributed by atoms with E-state index in [1.54, 1.807) is 6.20 Å². The molecule has 0 bridgehead atoms. The molecule has 178 valence electrons. The highest BCUT2D eigenvalue weighted by atomic mass is 19.4. The molecule has 3 aromatic rings. The number of hydrogen-bond acceptors (Lipinski definition) is 7. The van der Waals surface area contributed by atoms with Gasteiger partial charge < -0.3 is 19.9 Å². The summed E-state index contributed by atoms with van der Waals surface area (Å²) in [6.07, 6.45) is -2.11. The van der Waals surface area contributed by atoms with Crippen molar-refractivity contribution in [1.82, 2.24) is 19.7 Å². The average Bonchev–Trinajstić information content (AvgIpc) is 3.28. The van der Waals surface area contributed by atoms with Crippen LogP contribution in [0.4, 0.5) is 34.9 Å². The van der Waals surface area contributed by atoms with Crippen LogP contribution in [0.3, 0.4) is 0 Å². The maximum Gasteiger partial charge on any atom is 0.435 e. The molecule has 3 aromatic heterocycles. The first-order valence-electron chi connectivity index (χ1n) is 10.4. The molecule has 5 heterocycles. The van der Waals surface area contributed by atoms with Crippen molar-refractivity contribution in [3.05, 3.63) is 53.7 Å². The maximum atomic E-state index is 13.4. The van der Waals surface area contributed by atoms with Crippen molar-refractivity contribution in [2.24, 2.45) is 0 Å². The Labute approximate surface area is 191 Å². The summed E-state index contributed by atoms with van der Waals surface area (Å²) in [5.74, 6) is -0.587. The minimum Gasteiger partial charge on any atom is -0.378 e. The summed E-state index contributed by atoms with van der Waals surface area (Å²) in [6, 6.07) is 5.18. The van der Waals surface area contributed by atoms with Gasteiger partial charge >= 0.3 is 6.18 Å². The number of morpholine rings is 1. The zero-order valence-electron chi connectivity index (χ0n) is 17.7. The molecule has 1 amide bonds. The number of nitrogens with zero attached hydrogens (tertiary/aromatic N) is 6. The van der Waals surface area contributed by atoms with E-state index >= 15 is 0 Å². The van der Waals surface area contributed by atoms with Gasteiger partial charge in [0.2, 0.25) is 5.91 Å². The topological polar surface area (TPSA) is 88.4 Å². The fourth-order valence-electron chi connectivity index (χ4n) is 3.91. The number of rotatable bonds is 4. The number of fused-ring (bicyclic) bond motifs is 3. The van der Waals surface area contributed by atoms with Crippen molar-refractivity contribution < 1.29 is 27.1 Å². The van der Waals surface area contributed by atoms with Crippen molar-refractivity contribution in [3.63, 3.8) is 0 Å². The molecule has 0 atom stereocenters. The second-order valence-electron chi connectivity index (χ2n) is 7.84. The van der Waals surface area contributed by atoms with Gasteiger partial charge in [-0.25, -0.2) is 14.4 Å². The number of pyridine rings is 2. The highest BCUT2D eigenvalue weighted by molar-refractivity contribution is 5.93. The SMILES string of the molecule is O=C(CN1Cc2cc(N3CCOCC3)cnc2-n2nc(C(F)(F)F)cc21)Nc1ccc(F)cn1. The lowest BCUT2D eigenvalue weighted by atomic mass is 10.1. The van der Waals surface area contributed by atoms with Gasteiger partial charge in [-0.3, -0.25) is 4.79 Å². The fraction of sp³-hybridized carbons (Fsp3) is 0.333. The molecule has 9 nitrogen and oxygen atoms in total. The number of nitrogens with one attached hydrogen (secondary N) is 1. The van der Waals surface area contributed by atoms with Crippen LogP contribution in [0.25, 0.3) is 5.82 Å². The summed E-state index contributed by atoms with van der Waals surface area (Å²) in [5.41, 5.74) is 0.356. The molecular formula is C21H19F4N7O2. The van der Waals surface area contributed by atoms with Crippen LogP contribution in [-0.2, 0) is 22.3 Å². The van der Waals surface area contributed by atoms with Gasteiger partial charge in [-0.15, -0.1) is 0 Å². The van der Waals surface area contributed by atoms with E-state index in [0.717, 1.165) is 28.7 Å². The van der Waals surface area contributed by atoms with Crippen molar-refractivity contribution >= 4 is 23.2 Å². The number of alkyl halides is 3. The minimum atomic E-state index is -4.66. The van der Waals surface area contributed by atoms with E-state index in [2.05, 4.69) is 25.3 Å². The number of carbonyl (C=O) groups is 1. The van der Waals surface area contributed by atoms with Gasteiger partial charge in [0.05, 0.1) is 37.8 Å². The van der Waals surface area contributed by atoms with Gasteiger partial charge in [0.15, 0.2) is 11.5 Å². The summed E-state index contributed by atoms with van der Waals surface area (Å²) in [7, 11) is 0. The molecule has 5 rings (SSSR count). The summed E-state index contributed by atoms with van der Waals surface area (Å²) >= 11 is 0. The third-order valence-corrected chi connectivity index (χ3v) is 5.50. The molecule has 34 heavy (non-hydrogen) atoms. The molecule has 0 aliphatic carbocycles. The summed E-state index contributed by atoms with van der Waals surface area (Å²) in [5, 5.41) is 6.25. The van der Waals surface area contributed by atoms with Gasteiger partial charge in [-0.05, 0) is 18.2 Å². The number of aromatic nitrogens is 4. The summed E-state index contributed by atoms with van der Waals surface area (Å²) in [6.45, 7) is 2.35. The number of anilines is 3. The number of amides is 1. The Morgan fingerprint density at radius 2 is 1.91 bits per heavy atom. The normalized spacial score (nSPS) is 15.6. The average molecular weight is 477 g/mol. The Kier molecular flexibility index (Phi) is 5.55. The second-order valence-corrected chi connectivity index (χ2v) is 7.84. The monoisotopic (exact) mass is 477 g/mol. The molecule has 0 unspecified atom stereocenters. The van der Waals surface area contributed by atoms with Gasteiger partial charge in [-0.1, -0.05) is 0 Å². The first-order valence-corrected chi connectivity index (χ1v) is 10.4. The first-order chi connectivity index (χ1) is 16.3. The maximum absolute atomic E-state index is 13.4. The van der Waals surface area contributed by atoms with E-state index in [0.29, 0.717) is 31.9 Å². The lowest BCUT2D eigenvalue weighted by Gasteiger charge is -2.32.